The van der Waals surface area contributed by atoms with Crippen LogP contribution in [-0.4, -0.2) is 23.5 Å². The Bertz CT molecular complexity index is 528. The van der Waals surface area contributed by atoms with Crippen LogP contribution >= 0.6 is 0 Å². The summed E-state index contributed by atoms with van der Waals surface area (Å²) >= 11 is 0. The molecule has 5 nitrogen and oxygen atoms in total. The number of hydrogen-bond acceptors (Lipinski definition) is 3. The van der Waals surface area contributed by atoms with Gasteiger partial charge in [0.25, 0.3) is 11.4 Å². The van der Waals surface area contributed by atoms with Crippen LogP contribution in [0.4, 0.5) is 13.2 Å². The maximum atomic E-state index is 13.3. The van der Waals surface area contributed by atoms with Gasteiger partial charge in [0, 0.05) is 11.6 Å². The summed E-state index contributed by atoms with van der Waals surface area (Å²) in [5.74, 6) is -2.80. The number of amides is 2. The van der Waals surface area contributed by atoms with Gasteiger partial charge < -0.3 is 10.6 Å². The first-order valence-corrected chi connectivity index (χ1v) is 5.55. The van der Waals surface area contributed by atoms with Crippen LogP contribution in [0.3, 0.4) is 0 Å². The van der Waals surface area contributed by atoms with E-state index in [4.69, 9.17) is 5.26 Å². The highest BCUT2D eigenvalue weighted by molar-refractivity contribution is 6.01. The highest BCUT2D eigenvalue weighted by atomic mass is 19.4. The highest BCUT2D eigenvalue weighted by Crippen LogP contribution is 2.41. The van der Waals surface area contributed by atoms with Gasteiger partial charge in [-0.1, -0.05) is 0 Å². The molecule has 0 unspecified atom stereocenters. The number of nitrogens with one attached hydrogen (secondary N) is 2. The zero-order valence-electron chi connectivity index (χ0n) is 9.89. The molecule has 0 aromatic heterocycles. The Hall–Kier alpha value is -2.04. The van der Waals surface area contributed by atoms with Crippen molar-refractivity contribution in [3.8, 4) is 6.07 Å². The van der Waals surface area contributed by atoms with Crippen LogP contribution in [0, 0.1) is 17.2 Å². The summed E-state index contributed by atoms with van der Waals surface area (Å²) < 4.78 is 39.8. The second-order valence-electron chi connectivity index (χ2n) is 4.58. The minimum atomic E-state index is -5.08. The quantitative estimate of drug-likeness (QED) is 0.778. The van der Waals surface area contributed by atoms with E-state index in [0.29, 0.717) is 12.8 Å². The van der Waals surface area contributed by atoms with E-state index >= 15 is 0 Å². The molecule has 0 saturated heterocycles. The van der Waals surface area contributed by atoms with E-state index in [1.54, 1.807) is 5.32 Å². The van der Waals surface area contributed by atoms with E-state index in [1.165, 1.54) is 13.0 Å². The summed E-state index contributed by atoms with van der Waals surface area (Å²) in [6, 6.07) is 1.37. The first-order chi connectivity index (χ1) is 8.74. The van der Waals surface area contributed by atoms with E-state index < -0.39 is 35.0 Å². The van der Waals surface area contributed by atoms with E-state index in [9.17, 15) is 22.8 Å². The highest BCUT2D eigenvalue weighted by Gasteiger charge is 2.67. The molecule has 102 valence electrons. The molecule has 0 aromatic rings. The first-order valence-electron chi connectivity index (χ1n) is 5.55. The average molecular weight is 273 g/mol. The lowest BCUT2D eigenvalue weighted by molar-refractivity contribution is -0.189. The third-order valence-electron chi connectivity index (χ3n) is 3.19. The number of rotatable bonds is 2. The molecule has 2 amide bonds. The van der Waals surface area contributed by atoms with Gasteiger partial charge in [0.05, 0.1) is 11.6 Å². The fraction of sp³-hybridized carbons (Fsp3) is 0.545. The summed E-state index contributed by atoms with van der Waals surface area (Å²) in [4.78, 5) is 23.3. The normalized spacial score (nSPS) is 27.0. The monoisotopic (exact) mass is 273 g/mol. The average Bonchev–Trinajstić information content (AvgIpc) is 3.06. The minimum absolute atomic E-state index is 0.194. The van der Waals surface area contributed by atoms with Crippen LogP contribution in [0.15, 0.2) is 11.3 Å². The van der Waals surface area contributed by atoms with Crippen molar-refractivity contribution in [2.45, 2.75) is 31.5 Å². The molecule has 0 aromatic carbocycles. The Balaban J connectivity index is 2.48. The summed E-state index contributed by atoms with van der Waals surface area (Å²) in [7, 11) is 0. The number of allylic oxidation sites excluding steroid dienone is 1. The van der Waals surface area contributed by atoms with Crippen molar-refractivity contribution in [2.24, 2.45) is 5.92 Å². The third kappa shape index (κ3) is 1.85. The molecule has 2 rings (SSSR count). The number of carbonyl (C=O) groups excluding carboxylic acids is 2. The largest absolute Gasteiger partial charge is 0.425 e. The van der Waals surface area contributed by atoms with Crippen molar-refractivity contribution in [3.05, 3.63) is 11.3 Å². The van der Waals surface area contributed by atoms with Crippen LogP contribution in [0.5, 0.6) is 0 Å². The van der Waals surface area contributed by atoms with E-state index in [-0.39, 0.29) is 5.70 Å². The van der Waals surface area contributed by atoms with Gasteiger partial charge in [0.2, 0.25) is 5.91 Å². The number of nitrogens with zero attached hydrogens (tertiary/aromatic N) is 1. The summed E-state index contributed by atoms with van der Waals surface area (Å²) in [5, 5.41) is 12.6. The van der Waals surface area contributed by atoms with Gasteiger partial charge >= 0.3 is 6.18 Å². The summed E-state index contributed by atoms with van der Waals surface area (Å²) in [6.07, 6.45) is -4.09. The molecule has 1 heterocycles. The lowest BCUT2D eigenvalue weighted by Crippen LogP contribution is -2.65. The predicted molar refractivity (Wildman–Crippen MR) is 56.1 cm³/mol. The molecule has 0 bridgehead atoms. The maximum Gasteiger partial charge on any atom is 0.425 e. The molecule has 1 atom stereocenters. The first kappa shape index (κ1) is 13.4. The molecular formula is C11H10F3N3O2. The Kier molecular flexibility index (Phi) is 2.81. The molecule has 2 aliphatic rings. The van der Waals surface area contributed by atoms with Crippen LogP contribution in [0.1, 0.15) is 19.8 Å². The molecule has 1 fully saturated rings. The number of nitriles is 1. The van der Waals surface area contributed by atoms with Gasteiger partial charge in [-0.15, -0.1) is 0 Å². The van der Waals surface area contributed by atoms with Gasteiger partial charge in [-0.3, -0.25) is 9.59 Å². The molecule has 2 N–H and O–H groups in total. The van der Waals surface area contributed by atoms with E-state index in [0.717, 1.165) is 0 Å². The molecule has 1 aliphatic heterocycles. The van der Waals surface area contributed by atoms with Crippen molar-refractivity contribution in [1.82, 2.24) is 10.6 Å². The summed E-state index contributed by atoms with van der Waals surface area (Å²) in [6.45, 7) is 1.19. The lowest BCUT2D eigenvalue weighted by atomic mass is 9.90. The fourth-order valence-electron chi connectivity index (χ4n) is 1.98. The molecule has 1 aliphatic carbocycles. The molecular weight excluding hydrogens is 263 g/mol. The van der Waals surface area contributed by atoms with Crippen molar-refractivity contribution in [3.63, 3.8) is 0 Å². The van der Waals surface area contributed by atoms with Crippen LogP contribution in [0.25, 0.3) is 0 Å². The summed E-state index contributed by atoms with van der Waals surface area (Å²) in [5.41, 5.74) is -4.26. The minimum Gasteiger partial charge on any atom is -0.330 e. The standard InChI is InChI=1S/C11H10F3N3O2/c1-5-7(4-15)10(9(19)16-5,11(12,13)14)17-8(18)6-2-3-6/h6H,2-3H2,1H3,(H,16,19)(H,17,18)/t10-/m0/s1. The van der Waals surface area contributed by atoms with Crippen LogP contribution in [0.2, 0.25) is 0 Å². The zero-order valence-corrected chi connectivity index (χ0v) is 9.89. The SMILES string of the molecule is CC1=C(C#N)[C@@](NC(=O)C2CC2)(C(F)(F)F)C(=O)N1. The zero-order chi connectivity index (χ0) is 14.4. The van der Waals surface area contributed by atoms with Gasteiger partial charge in [0.1, 0.15) is 0 Å². The van der Waals surface area contributed by atoms with E-state index in [1.807, 2.05) is 5.32 Å². The van der Waals surface area contributed by atoms with Gasteiger partial charge in [-0.2, -0.15) is 18.4 Å². The topological polar surface area (TPSA) is 82.0 Å². The number of alkyl halides is 3. The lowest BCUT2D eigenvalue weighted by Gasteiger charge is -2.30. The Labute approximate surface area is 106 Å². The van der Waals surface area contributed by atoms with Crippen LogP contribution in [-0.2, 0) is 9.59 Å². The van der Waals surface area contributed by atoms with Crippen molar-refractivity contribution < 1.29 is 22.8 Å². The number of carbonyl (C=O) groups is 2. The Morgan fingerprint density at radius 1 is 1.53 bits per heavy atom. The molecule has 0 spiro atoms. The number of hydrogen-bond donors (Lipinski definition) is 2. The van der Waals surface area contributed by atoms with Crippen LogP contribution < -0.4 is 10.6 Å². The smallest absolute Gasteiger partial charge is 0.330 e. The molecule has 0 radical (unpaired) electrons. The van der Waals surface area contributed by atoms with Gasteiger partial charge in [-0.05, 0) is 19.8 Å². The molecule has 1 saturated carbocycles. The van der Waals surface area contributed by atoms with Crippen molar-refractivity contribution in [1.29, 1.82) is 5.26 Å². The third-order valence-corrected chi connectivity index (χ3v) is 3.19. The van der Waals surface area contributed by atoms with Crippen molar-refractivity contribution >= 4 is 11.8 Å². The van der Waals surface area contributed by atoms with Gasteiger partial charge in [0.15, 0.2) is 0 Å². The fourth-order valence-corrected chi connectivity index (χ4v) is 1.98. The second kappa shape index (κ2) is 3.98. The molecule has 8 heteroatoms. The Morgan fingerprint density at radius 3 is 2.53 bits per heavy atom. The predicted octanol–water partition coefficient (Wildman–Crippen LogP) is 0.741. The number of halogens is 3. The van der Waals surface area contributed by atoms with E-state index in [2.05, 4.69) is 0 Å². The maximum absolute atomic E-state index is 13.3. The molecule has 19 heavy (non-hydrogen) atoms. The van der Waals surface area contributed by atoms with Crippen molar-refractivity contribution in [2.75, 3.05) is 0 Å². The Morgan fingerprint density at radius 2 is 2.11 bits per heavy atom. The van der Waals surface area contributed by atoms with Gasteiger partial charge in [-0.25, -0.2) is 0 Å². The second-order valence-corrected chi connectivity index (χ2v) is 4.58.